The molecule has 1 aromatic carbocycles. The molecule has 0 aliphatic carbocycles. The van der Waals surface area contributed by atoms with Gasteiger partial charge in [-0.05, 0) is 11.5 Å². The highest BCUT2D eigenvalue weighted by Gasteiger charge is 2.03. The molecule has 2 rings (SSSR count). The molecule has 0 spiro atoms. The maximum absolute atomic E-state index is 5.51. The molecule has 0 fully saturated rings. The fourth-order valence-electron chi connectivity index (χ4n) is 1.63. The van der Waals surface area contributed by atoms with Crippen molar-refractivity contribution in [1.29, 1.82) is 0 Å². The summed E-state index contributed by atoms with van der Waals surface area (Å²) in [4.78, 5) is 8.61. The summed E-state index contributed by atoms with van der Waals surface area (Å²) < 4.78 is 0. The van der Waals surface area contributed by atoms with Gasteiger partial charge in [-0.3, -0.25) is 0 Å². The van der Waals surface area contributed by atoms with E-state index in [0.717, 1.165) is 17.0 Å². The standard InChI is InChI=1S/C14H17N3/c1-10(2)12-3-5-13(6-4-12)14-16-8-11(7-15)9-17-14/h3-6,8-10H,7,15H2,1-2H3. The van der Waals surface area contributed by atoms with Crippen LogP contribution in [0.4, 0.5) is 0 Å². The molecule has 1 heterocycles. The summed E-state index contributed by atoms with van der Waals surface area (Å²) in [5, 5.41) is 0. The van der Waals surface area contributed by atoms with Crippen molar-refractivity contribution in [2.24, 2.45) is 5.73 Å². The van der Waals surface area contributed by atoms with Gasteiger partial charge in [0.15, 0.2) is 5.82 Å². The Morgan fingerprint density at radius 2 is 1.65 bits per heavy atom. The number of nitrogens with zero attached hydrogens (tertiary/aromatic N) is 2. The fraction of sp³-hybridized carbons (Fsp3) is 0.286. The predicted molar refractivity (Wildman–Crippen MR) is 69.4 cm³/mol. The highest BCUT2D eigenvalue weighted by Crippen LogP contribution is 2.19. The van der Waals surface area contributed by atoms with Gasteiger partial charge >= 0.3 is 0 Å². The maximum atomic E-state index is 5.51. The molecule has 0 bridgehead atoms. The summed E-state index contributed by atoms with van der Waals surface area (Å²) in [6, 6.07) is 8.37. The smallest absolute Gasteiger partial charge is 0.159 e. The molecule has 0 saturated carbocycles. The zero-order valence-corrected chi connectivity index (χ0v) is 10.2. The molecule has 88 valence electrons. The van der Waals surface area contributed by atoms with E-state index in [9.17, 15) is 0 Å². The quantitative estimate of drug-likeness (QED) is 0.877. The van der Waals surface area contributed by atoms with Gasteiger partial charge in [-0.25, -0.2) is 9.97 Å². The molecule has 0 radical (unpaired) electrons. The highest BCUT2D eigenvalue weighted by molar-refractivity contribution is 5.55. The Morgan fingerprint density at radius 3 is 2.12 bits per heavy atom. The predicted octanol–water partition coefficient (Wildman–Crippen LogP) is 2.73. The molecule has 0 unspecified atom stereocenters. The van der Waals surface area contributed by atoms with E-state index in [0.29, 0.717) is 12.5 Å². The van der Waals surface area contributed by atoms with Crippen LogP contribution < -0.4 is 5.73 Å². The van der Waals surface area contributed by atoms with Crippen LogP contribution in [0.5, 0.6) is 0 Å². The highest BCUT2D eigenvalue weighted by atomic mass is 14.9. The van der Waals surface area contributed by atoms with Crippen LogP contribution in [0.1, 0.15) is 30.9 Å². The zero-order valence-electron chi connectivity index (χ0n) is 10.2. The summed E-state index contributed by atoms with van der Waals surface area (Å²) >= 11 is 0. The minimum absolute atomic E-state index is 0.479. The van der Waals surface area contributed by atoms with Crippen LogP contribution in [-0.4, -0.2) is 9.97 Å². The summed E-state index contributed by atoms with van der Waals surface area (Å²) in [5.41, 5.74) is 8.83. The van der Waals surface area contributed by atoms with Gasteiger partial charge < -0.3 is 5.73 Å². The van der Waals surface area contributed by atoms with Crippen molar-refractivity contribution in [3.63, 3.8) is 0 Å². The van der Waals surface area contributed by atoms with Crippen molar-refractivity contribution < 1.29 is 0 Å². The van der Waals surface area contributed by atoms with Crippen molar-refractivity contribution in [3.05, 3.63) is 47.8 Å². The first-order valence-corrected chi connectivity index (χ1v) is 5.82. The zero-order chi connectivity index (χ0) is 12.3. The number of hydrogen-bond acceptors (Lipinski definition) is 3. The van der Waals surface area contributed by atoms with E-state index in [1.165, 1.54) is 5.56 Å². The van der Waals surface area contributed by atoms with Gasteiger partial charge in [-0.15, -0.1) is 0 Å². The Bertz CT molecular complexity index is 472. The molecule has 0 atom stereocenters. The van der Waals surface area contributed by atoms with Crippen LogP contribution in [0.25, 0.3) is 11.4 Å². The van der Waals surface area contributed by atoms with Crippen LogP contribution in [0.3, 0.4) is 0 Å². The van der Waals surface area contributed by atoms with Crippen molar-refractivity contribution in [2.75, 3.05) is 0 Å². The average Bonchev–Trinajstić information content (AvgIpc) is 2.39. The van der Waals surface area contributed by atoms with E-state index in [-0.39, 0.29) is 0 Å². The minimum Gasteiger partial charge on any atom is -0.326 e. The SMILES string of the molecule is CC(C)c1ccc(-c2ncc(CN)cn2)cc1. The second kappa shape index (κ2) is 5.06. The summed E-state index contributed by atoms with van der Waals surface area (Å²) in [6.07, 6.45) is 3.55. The molecule has 2 aromatic rings. The Balaban J connectivity index is 2.26. The minimum atomic E-state index is 0.479. The first-order valence-electron chi connectivity index (χ1n) is 5.82. The van der Waals surface area contributed by atoms with E-state index in [1.807, 2.05) is 0 Å². The Labute approximate surface area is 102 Å². The van der Waals surface area contributed by atoms with E-state index in [2.05, 4.69) is 48.1 Å². The first-order chi connectivity index (χ1) is 8.20. The summed E-state index contributed by atoms with van der Waals surface area (Å²) in [6.45, 7) is 4.84. The molecule has 1 aromatic heterocycles. The van der Waals surface area contributed by atoms with Crippen molar-refractivity contribution in [2.45, 2.75) is 26.3 Å². The molecule has 2 N–H and O–H groups in total. The Hall–Kier alpha value is -1.74. The van der Waals surface area contributed by atoms with Crippen LogP contribution in [-0.2, 0) is 6.54 Å². The molecule has 0 saturated heterocycles. The van der Waals surface area contributed by atoms with Gasteiger partial charge in [-0.1, -0.05) is 38.1 Å². The van der Waals surface area contributed by atoms with Crippen molar-refractivity contribution in [3.8, 4) is 11.4 Å². The second-order valence-electron chi connectivity index (χ2n) is 4.40. The number of aromatic nitrogens is 2. The van der Waals surface area contributed by atoms with E-state index in [1.54, 1.807) is 12.4 Å². The molecule has 3 nitrogen and oxygen atoms in total. The van der Waals surface area contributed by atoms with Gasteiger partial charge in [0.2, 0.25) is 0 Å². The van der Waals surface area contributed by atoms with Crippen molar-refractivity contribution in [1.82, 2.24) is 9.97 Å². The van der Waals surface area contributed by atoms with Crippen LogP contribution in [0, 0.1) is 0 Å². The normalized spacial score (nSPS) is 10.8. The Morgan fingerprint density at radius 1 is 1.06 bits per heavy atom. The molecule has 0 aliphatic heterocycles. The first kappa shape index (κ1) is 11.7. The third-order valence-corrected chi connectivity index (χ3v) is 2.78. The third-order valence-electron chi connectivity index (χ3n) is 2.78. The lowest BCUT2D eigenvalue weighted by molar-refractivity contribution is 0.867. The lowest BCUT2D eigenvalue weighted by Gasteiger charge is -2.06. The van der Waals surface area contributed by atoms with Crippen LogP contribution in [0.15, 0.2) is 36.7 Å². The number of hydrogen-bond donors (Lipinski definition) is 1. The third kappa shape index (κ3) is 2.68. The van der Waals surface area contributed by atoms with Gasteiger partial charge in [0.25, 0.3) is 0 Å². The van der Waals surface area contributed by atoms with Gasteiger partial charge in [0.1, 0.15) is 0 Å². The number of nitrogens with two attached hydrogens (primary N) is 1. The maximum Gasteiger partial charge on any atom is 0.159 e. The molecule has 0 aliphatic rings. The second-order valence-corrected chi connectivity index (χ2v) is 4.40. The van der Waals surface area contributed by atoms with Gasteiger partial charge in [-0.2, -0.15) is 0 Å². The summed E-state index contributed by atoms with van der Waals surface area (Å²) in [7, 11) is 0. The lowest BCUT2D eigenvalue weighted by atomic mass is 10.0. The molecular weight excluding hydrogens is 210 g/mol. The van der Waals surface area contributed by atoms with E-state index < -0.39 is 0 Å². The molecular formula is C14H17N3. The van der Waals surface area contributed by atoms with Crippen molar-refractivity contribution >= 4 is 0 Å². The topological polar surface area (TPSA) is 51.8 Å². The van der Waals surface area contributed by atoms with Gasteiger partial charge in [0, 0.05) is 30.1 Å². The largest absolute Gasteiger partial charge is 0.326 e. The van der Waals surface area contributed by atoms with Crippen LogP contribution >= 0.6 is 0 Å². The number of benzene rings is 1. The molecule has 3 heteroatoms. The number of rotatable bonds is 3. The fourth-order valence-corrected chi connectivity index (χ4v) is 1.63. The Kier molecular flexibility index (Phi) is 3.49. The average molecular weight is 227 g/mol. The molecule has 17 heavy (non-hydrogen) atoms. The monoisotopic (exact) mass is 227 g/mol. The van der Waals surface area contributed by atoms with E-state index >= 15 is 0 Å². The van der Waals surface area contributed by atoms with Crippen LogP contribution in [0.2, 0.25) is 0 Å². The lowest BCUT2D eigenvalue weighted by Crippen LogP contribution is -1.99. The van der Waals surface area contributed by atoms with E-state index in [4.69, 9.17) is 5.73 Å². The molecule has 0 amide bonds. The van der Waals surface area contributed by atoms with Gasteiger partial charge in [0.05, 0.1) is 0 Å². The summed E-state index contributed by atoms with van der Waals surface area (Å²) in [5.74, 6) is 1.29.